The zero-order chi connectivity index (χ0) is 21.6. The van der Waals surface area contributed by atoms with Crippen LogP contribution in [0.4, 0.5) is 4.39 Å². The molecule has 0 heterocycles. The average molecular weight is 413 g/mol. The van der Waals surface area contributed by atoms with Gasteiger partial charge < -0.3 is 0 Å². The van der Waals surface area contributed by atoms with E-state index in [0.29, 0.717) is 10.9 Å². The minimum Gasteiger partial charge on any atom is -0.205 e. The van der Waals surface area contributed by atoms with Crippen LogP contribution >= 0.6 is 0 Å². The van der Waals surface area contributed by atoms with Crippen LogP contribution in [0.5, 0.6) is 0 Å². The van der Waals surface area contributed by atoms with Gasteiger partial charge in [0.05, 0.1) is 5.56 Å². The Morgan fingerprint density at radius 1 is 0.839 bits per heavy atom. The van der Waals surface area contributed by atoms with Gasteiger partial charge in [-0.05, 0) is 65.8 Å². The van der Waals surface area contributed by atoms with Crippen LogP contribution in [0.25, 0.3) is 10.8 Å². The first-order valence-corrected chi connectivity index (χ1v) is 11.9. The van der Waals surface area contributed by atoms with Crippen molar-refractivity contribution in [3.63, 3.8) is 0 Å². The summed E-state index contributed by atoms with van der Waals surface area (Å²) in [7, 11) is 0. The zero-order valence-corrected chi connectivity index (χ0v) is 18.9. The molecule has 1 aliphatic carbocycles. The van der Waals surface area contributed by atoms with Gasteiger partial charge >= 0.3 is 0 Å². The lowest BCUT2D eigenvalue weighted by Crippen LogP contribution is -2.12. The third-order valence-corrected chi connectivity index (χ3v) is 6.83. The second-order valence-corrected chi connectivity index (χ2v) is 9.34. The van der Waals surface area contributed by atoms with Crippen molar-refractivity contribution in [3.05, 3.63) is 82.7 Å². The molecule has 1 fully saturated rings. The molecule has 0 amide bonds. The molecular weight excluding hydrogens is 379 g/mol. The summed E-state index contributed by atoms with van der Waals surface area (Å²) in [5.74, 6) is 7.78. The highest BCUT2D eigenvalue weighted by atomic mass is 19.1. The second kappa shape index (κ2) is 10.1. The number of aryl methyl sites for hydroxylation is 2. The fourth-order valence-corrected chi connectivity index (χ4v) is 4.76. The van der Waals surface area contributed by atoms with Gasteiger partial charge in [-0.3, -0.25) is 0 Å². The monoisotopic (exact) mass is 412 g/mol. The van der Waals surface area contributed by atoms with Crippen LogP contribution in [-0.4, -0.2) is 0 Å². The van der Waals surface area contributed by atoms with Crippen LogP contribution in [0.2, 0.25) is 0 Å². The van der Waals surface area contributed by atoms with E-state index in [0.717, 1.165) is 42.0 Å². The lowest BCUT2D eigenvalue weighted by Gasteiger charge is -2.26. The fraction of sp³-hybridized carbons (Fsp3) is 0.400. The van der Waals surface area contributed by atoms with Crippen LogP contribution in [-0.2, 0) is 12.8 Å². The molecule has 1 heteroatoms. The predicted molar refractivity (Wildman–Crippen MR) is 130 cm³/mol. The van der Waals surface area contributed by atoms with E-state index < -0.39 is 0 Å². The summed E-state index contributed by atoms with van der Waals surface area (Å²) in [6.45, 7) is 4.54. The number of rotatable bonds is 5. The van der Waals surface area contributed by atoms with Crippen molar-refractivity contribution in [2.75, 3.05) is 0 Å². The summed E-state index contributed by atoms with van der Waals surface area (Å²) in [6.07, 6.45) is 10.1. The number of hydrogen-bond donors (Lipinski definition) is 0. The van der Waals surface area contributed by atoms with Gasteiger partial charge in [-0.2, -0.15) is 0 Å². The second-order valence-electron chi connectivity index (χ2n) is 9.34. The van der Waals surface area contributed by atoms with Crippen molar-refractivity contribution in [1.29, 1.82) is 0 Å². The highest BCUT2D eigenvalue weighted by Gasteiger charge is 2.17. The predicted octanol–water partition coefficient (Wildman–Crippen LogP) is 8.09. The number of fused-ring (bicyclic) bond motifs is 1. The third kappa shape index (κ3) is 5.56. The van der Waals surface area contributed by atoms with Gasteiger partial charge in [0.25, 0.3) is 0 Å². The Morgan fingerprint density at radius 3 is 2.32 bits per heavy atom. The molecule has 4 rings (SSSR count). The summed E-state index contributed by atoms with van der Waals surface area (Å²) >= 11 is 0. The molecule has 0 nitrogen and oxygen atoms in total. The smallest absolute Gasteiger partial charge is 0.146 e. The Bertz CT molecular complexity index is 1070. The summed E-state index contributed by atoms with van der Waals surface area (Å²) < 4.78 is 15.0. The van der Waals surface area contributed by atoms with Gasteiger partial charge in [-0.15, -0.1) is 0 Å². The van der Waals surface area contributed by atoms with Crippen LogP contribution in [0, 0.1) is 29.5 Å². The molecule has 160 valence electrons. The summed E-state index contributed by atoms with van der Waals surface area (Å²) in [5.41, 5.74) is 4.04. The molecule has 0 spiro atoms. The fourth-order valence-electron chi connectivity index (χ4n) is 4.76. The Kier molecular flexibility index (Phi) is 7.08. The molecule has 0 atom stereocenters. The van der Waals surface area contributed by atoms with Crippen LogP contribution in [0.3, 0.4) is 0 Å². The molecule has 0 aliphatic heterocycles. The average Bonchev–Trinajstić information content (AvgIpc) is 2.79. The SMILES string of the molecule is CCCc1ccc2c(F)c(C#Cc3ccc(CCC4CCC(C)CC4)cc3)ccc2c1. The first kappa shape index (κ1) is 21.6. The molecule has 3 aromatic carbocycles. The highest BCUT2D eigenvalue weighted by Crippen LogP contribution is 2.31. The molecule has 0 bridgehead atoms. The summed E-state index contributed by atoms with van der Waals surface area (Å²) in [4.78, 5) is 0. The minimum absolute atomic E-state index is 0.216. The van der Waals surface area contributed by atoms with Crippen LogP contribution < -0.4 is 0 Å². The molecule has 31 heavy (non-hydrogen) atoms. The van der Waals surface area contributed by atoms with E-state index in [9.17, 15) is 4.39 Å². The summed E-state index contributed by atoms with van der Waals surface area (Å²) in [5, 5.41) is 1.60. The molecule has 1 aliphatic rings. The number of benzene rings is 3. The van der Waals surface area contributed by atoms with Crippen molar-refractivity contribution in [2.45, 2.75) is 65.2 Å². The van der Waals surface area contributed by atoms with Gasteiger partial charge in [0.15, 0.2) is 0 Å². The van der Waals surface area contributed by atoms with E-state index in [4.69, 9.17) is 0 Å². The van der Waals surface area contributed by atoms with Crippen molar-refractivity contribution in [3.8, 4) is 11.8 Å². The molecule has 0 aromatic heterocycles. The molecular formula is C30H33F. The van der Waals surface area contributed by atoms with E-state index >= 15 is 0 Å². The molecule has 0 unspecified atom stereocenters. The van der Waals surface area contributed by atoms with E-state index in [-0.39, 0.29) is 5.82 Å². The first-order chi connectivity index (χ1) is 15.1. The molecule has 3 aromatic rings. The Hall–Kier alpha value is -2.59. The van der Waals surface area contributed by atoms with Gasteiger partial charge in [0, 0.05) is 10.9 Å². The maximum absolute atomic E-state index is 15.0. The quantitative estimate of drug-likeness (QED) is 0.371. The summed E-state index contributed by atoms with van der Waals surface area (Å²) in [6, 6.07) is 18.3. The largest absolute Gasteiger partial charge is 0.205 e. The lowest BCUT2D eigenvalue weighted by molar-refractivity contribution is 0.278. The van der Waals surface area contributed by atoms with E-state index in [1.54, 1.807) is 6.07 Å². The highest BCUT2D eigenvalue weighted by molar-refractivity contribution is 5.85. The van der Waals surface area contributed by atoms with Crippen LogP contribution in [0.15, 0.2) is 54.6 Å². The standard InChI is InChI=1S/C30H33F/c1-3-4-26-16-20-29-28(21-26)19-18-27(30(29)31)17-15-25-13-11-24(12-14-25)10-9-23-7-5-22(2)6-8-23/h11-14,16,18-23H,3-10H2,1-2H3. The van der Waals surface area contributed by atoms with Crippen molar-refractivity contribution in [1.82, 2.24) is 0 Å². The molecule has 0 radical (unpaired) electrons. The topological polar surface area (TPSA) is 0 Å². The van der Waals surface area contributed by atoms with Crippen molar-refractivity contribution < 1.29 is 4.39 Å². The van der Waals surface area contributed by atoms with E-state index in [1.807, 2.05) is 18.2 Å². The third-order valence-electron chi connectivity index (χ3n) is 6.83. The number of halogens is 1. The minimum atomic E-state index is -0.216. The lowest BCUT2D eigenvalue weighted by atomic mass is 9.80. The normalized spacial score (nSPS) is 18.5. The van der Waals surface area contributed by atoms with Gasteiger partial charge in [0.1, 0.15) is 5.82 Å². The Labute approximate surface area is 186 Å². The van der Waals surface area contributed by atoms with Gasteiger partial charge in [-0.1, -0.05) is 94.2 Å². The van der Waals surface area contributed by atoms with E-state index in [1.165, 1.54) is 43.2 Å². The zero-order valence-electron chi connectivity index (χ0n) is 18.9. The van der Waals surface area contributed by atoms with E-state index in [2.05, 4.69) is 56.0 Å². The maximum Gasteiger partial charge on any atom is 0.146 e. The molecule has 0 saturated heterocycles. The maximum atomic E-state index is 15.0. The molecule has 1 saturated carbocycles. The van der Waals surface area contributed by atoms with Crippen molar-refractivity contribution >= 4 is 10.8 Å². The number of hydrogen-bond acceptors (Lipinski definition) is 0. The Morgan fingerprint density at radius 2 is 1.58 bits per heavy atom. The van der Waals surface area contributed by atoms with Crippen LogP contribution in [0.1, 0.15) is 74.6 Å². The van der Waals surface area contributed by atoms with Gasteiger partial charge in [0.2, 0.25) is 0 Å². The first-order valence-electron chi connectivity index (χ1n) is 11.9. The Balaban J connectivity index is 1.41. The van der Waals surface area contributed by atoms with Gasteiger partial charge in [-0.25, -0.2) is 4.39 Å². The van der Waals surface area contributed by atoms with Crippen molar-refractivity contribution in [2.24, 2.45) is 11.8 Å². The molecule has 0 N–H and O–H groups in total.